The number of aromatic amines is 1. The van der Waals surface area contributed by atoms with Gasteiger partial charge in [0.2, 0.25) is 5.91 Å². The number of primary amides is 1. The first kappa shape index (κ1) is 15.5. The first-order valence-electron chi connectivity index (χ1n) is 7.15. The zero-order valence-electron chi connectivity index (χ0n) is 11.5. The highest BCUT2D eigenvalue weighted by Gasteiger charge is 2.05. The lowest BCUT2D eigenvalue weighted by Gasteiger charge is -2.01. The van der Waals surface area contributed by atoms with Gasteiger partial charge in [-0.25, -0.2) is 0 Å². The fourth-order valence-electron chi connectivity index (χ4n) is 2.11. The minimum absolute atomic E-state index is 0.200. The summed E-state index contributed by atoms with van der Waals surface area (Å²) in [6, 6.07) is 3.67. The Bertz CT molecular complexity index is 372. The monoisotopic (exact) mass is 264 g/mol. The van der Waals surface area contributed by atoms with Crippen LogP contribution in [0.1, 0.15) is 68.3 Å². The van der Waals surface area contributed by atoms with Crippen molar-refractivity contribution in [3.63, 3.8) is 0 Å². The van der Waals surface area contributed by atoms with Crippen LogP contribution in [0.15, 0.2) is 18.3 Å². The molecule has 0 spiro atoms. The number of nitrogens with two attached hydrogens (primary N) is 1. The molecule has 1 rings (SSSR count). The van der Waals surface area contributed by atoms with Crippen molar-refractivity contribution in [2.45, 2.75) is 57.8 Å². The van der Waals surface area contributed by atoms with Crippen LogP contribution >= 0.6 is 0 Å². The van der Waals surface area contributed by atoms with Crippen molar-refractivity contribution in [3.8, 4) is 0 Å². The average Bonchev–Trinajstić information content (AvgIpc) is 2.90. The van der Waals surface area contributed by atoms with Crippen LogP contribution in [-0.2, 0) is 4.79 Å². The zero-order valence-corrected chi connectivity index (χ0v) is 11.5. The van der Waals surface area contributed by atoms with Crippen LogP contribution in [0.4, 0.5) is 0 Å². The Labute approximate surface area is 114 Å². The number of ketones is 1. The Morgan fingerprint density at radius 3 is 2.05 bits per heavy atom. The maximum atomic E-state index is 11.7. The van der Waals surface area contributed by atoms with E-state index in [1.807, 2.05) is 12.1 Å². The van der Waals surface area contributed by atoms with Gasteiger partial charge in [-0.2, -0.15) is 0 Å². The summed E-state index contributed by atoms with van der Waals surface area (Å²) < 4.78 is 0. The second-order valence-electron chi connectivity index (χ2n) is 4.95. The first-order chi connectivity index (χ1) is 9.20. The van der Waals surface area contributed by atoms with E-state index in [0.29, 0.717) is 18.5 Å². The van der Waals surface area contributed by atoms with E-state index in [1.54, 1.807) is 6.20 Å². The topological polar surface area (TPSA) is 76.0 Å². The van der Waals surface area contributed by atoms with Gasteiger partial charge in [0.25, 0.3) is 0 Å². The molecule has 0 saturated heterocycles. The number of unbranched alkanes of at least 4 members (excludes halogenated alkanes) is 6. The van der Waals surface area contributed by atoms with Gasteiger partial charge in [0.1, 0.15) is 0 Å². The standard InChI is InChI=1S/C15H24N2O2/c16-15(19)11-7-5-3-1-2-4-6-10-14(18)13-9-8-12-17-13/h8-9,12,17H,1-7,10-11H2,(H2,16,19). The third-order valence-electron chi connectivity index (χ3n) is 3.23. The Kier molecular flexibility index (Phi) is 7.63. The van der Waals surface area contributed by atoms with Crippen molar-refractivity contribution in [2.24, 2.45) is 5.73 Å². The van der Waals surface area contributed by atoms with Crippen LogP contribution in [0, 0.1) is 0 Å². The quantitative estimate of drug-likeness (QED) is 0.475. The average molecular weight is 264 g/mol. The summed E-state index contributed by atoms with van der Waals surface area (Å²) in [6.45, 7) is 0. The Morgan fingerprint density at radius 1 is 0.947 bits per heavy atom. The van der Waals surface area contributed by atoms with E-state index in [1.165, 1.54) is 6.42 Å². The van der Waals surface area contributed by atoms with E-state index >= 15 is 0 Å². The Morgan fingerprint density at radius 2 is 1.53 bits per heavy atom. The molecule has 19 heavy (non-hydrogen) atoms. The van der Waals surface area contributed by atoms with Gasteiger partial charge in [-0.05, 0) is 25.0 Å². The summed E-state index contributed by atoms with van der Waals surface area (Å²) in [5, 5.41) is 0. The molecule has 4 heteroatoms. The van der Waals surface area contributed by atoms with E-state index < -0.39 is 0 Å². The fraction of sp³-hybridized carbons (Fsp3) is 0.600. The molecule has 0 atom stereocenters. The van der Waals surface area contributed by atoms with Crippen molar-refractivity contribution in [1.29, 1.82) is 0 Å². The van der Waals surface area contributed by atoms with Crippen LogP contribution in [0.5, 0.6) is 0 Å². The second-order valence-corrected chi connectivity index (χ2v) is 4.95. The normalized spacial score (nSPS) is 10.5. The number of carbonyl (C=O) groups is 2. The summed E-state index contributed by atoms with van der Waals surface area (Å²) >= 11 is 0. The first-order valence-corrected chi connectivity index (χ1v) is 7.15. The number of hydrogen-bond donors (Lipinski definition) is 2. The molecule has 0 saturated carbocycles. The van der Waals surface area contributed by atoms with E-state index in [-0.39, 0.29) is 11.7 Å². The highest BCUT2D eigenvalue weighted by Crippen LogP contribution is 2.11. The molecule has 0 aliphatic heterocycles. The molecule has 0 fully saturated rings. The Hall–Kier alpha value is -1.58. The maximum absolute atomic E-state index is 11.7. The Balaban J connectivity index is 1.89. The second kappa shape index (κ2) is 9.36. The summed E-state index contributed by atoms with van der Waals surface area (Å²) in [5.74, 6) is -0.00529. The number of aromatic nitrogens is 1. The molecule has 3 N–H and O–H groups in total. The number of nitrogens with one attached hydrogen (secondary N) is 1. The molecule has 0 unspecified atom stereocenters. The maximum Gasteiger partial charge on any atom is 0.217 e. The van der Waals surface area contributed by atoms with E-state index in [2.05, 4.69) is 4.98 Å². The van der Waals surface area contributed by atoms with Gasteiger partial charge in [-0.15, -0.1) is 0 Å². The lowest BCUT2D eigenvalue weighted by atomic mass is 10.1. The summed E-state index contributed by atoms with van der Waals surface area (Å²) in [4.78, 5) is 25.1. The summed E-state index contributed by atoms with van der Waals surface area (Å²) in [5.41, 5.74) is 5.78. The van der Waals surface area contributed by atoms with Gasteiger partial charge in [0.05, 0.1) is 5.69 Å². The highest BCUT2D eigenvalue weighted by atomic mass is 16.1. The third-order valence-corrected chi connectivity index (χ3v) is 3.23. The van der Waals surface area contributed by atoms with Crippen molar-refractivity contribution < 1.29 is 9.59 Å². The molecule has 1 aromatic rings. The van der Waals surface area contributed by atoms with Crippen LogP contribution in [0.2, 0.25) is 0 Å². The number of H-pyrrole nitrogens is 1. The number of Topliss-reactive ketones (excluding diaryl/α,β-unsaturated/α-hetero) is 1. The SMILES string of the molecule is NC(=O)CCCCCCCCCC(=O)c1ccc[nH]1. The highest BCUT2D eigenvalue weighted by molar-refractivity contribution is 5.94. The van der Waals surface area contributed by atoms with Crippen molar-refractivity contribution in [2.75, 3.05) is 0 Å². The third kappa shape index (κ3) is 7.44. The fourth-order valence-corrected chi connectivity index (χ4v) is 2.11. The minimum atomic E-state index is -0.206. The van der Waals surface area contributed by atoms with Crippen molar-refractivity contribution in [3.05, 3.63) is 24.0 Å². The number of hydrogen-bond acceptors (Lipinski definition) is 2. The molecule has 1 aromatic heterocycles. The molecular weight excluding hydrogens is 240 g/mol. The zero-order chi connectivity index (χ0) is 13.9. The smallest absolute Gasteiger partial charge is 0.217 e. The number of amides is 1. The van der Waals surface area contributed by atoms with Gasteiger partial charge in [-0.1, -0.05) is 32.1 Å². The molecule has 0 aliphatic rings. The minimum Gasteiger partial charge on any atom is -0.370 e. The van der Waals surface area contributed by atoms with E-state index in [0.717, 1.165) is 38.5 Å². The van der Waals surface area contributed by atoms with E-state index in [4.69, 9.17) is 5.73 Å². The van der Waals surface area contributed by atoms with Gasteiger partial charge in [0.15, 0.2) is 5.78 Å². The van der Waals surface area contributed by atoms with Crippen LogP contribution in [0.3, 0.4) is 0 Å². The lowest BCUT2D eigenvalue weighted by molar-refractivity contribution is -0.118. The molecule has 1 amide bonds. The predicted octanol–water partition coefficient (Wildman–Crippen LogP) is 3.19. The molecule has 4 nitrogen and oxygen atoms in total. The van der Waals surface area contributed by atoms with Gasteiger partial charge >= 0.3 is 0 Å². The van der Waals surface area contributed by atoms with E-state index in [9.17, 15) is 9.59 Å². The van der Waals surface area contributed by atoms with Gasteiger partial charge in [0, 0.05) is 19.0 Å². The largest absolute Gasteiger partial charge is 0.370 e. The predicted molar refractivity (Wildman–Crippen MR) is 75.9 cm³/mol. The van der Waals surface area contributed by atoms with Crippen LogP contribution < -0.4 is 5.73 Å². The van der Waals surface area contributed by atoms with Crippen LogP contribution in [0.25, 0.3) is 0 Å². The number of rotatable bonds is 11. The van der Waals surface area contributed by atoms with Crippen molar-refractivity contribution >= 4 is 11.7 Å². The van der Waals surface area contributed by atoms with Gasteiger partial charge < -0.3 is 10.7 Å². The molecule has 106 valence electrons. The molecule has 0 bridgehead atoms. The molecular formula is C15H24N2O2. The summed E-state index contributed by atoms with van der Waals surface area (Å²) in [6.07, 6.45) is 10.4. The van der Waals surface area contributed by atoms with Crippen molar-refractivity contribution in [1.82, 2.24) is 4.98 Å². The van der Waals surface area contributed by atoms with Gasteiger partial charge in [-0.3, -0.25) is 9.59 Å². The molecule has 0 aromatic carbocycles. The number of carbonyl (C=O) groups excluding carboxylic acids is 2. The molecule has 0 aliphatic carbocycles. The molecule has 1 heterocycles. The lowest BCUT2D eigenvalue weighted by Crippen LogP contribution is -2.09. The van der Waals surface area contributed by atoms with Crippen LogP contribution in [-0.4, -0.2) is 16.7 Å². The molecule has 0 radical (unpaired) electrons. The summed E-state index contributed by atoms with van der Waals surface area (Å²) in [7, 11) is 0.